The van der Waals surface area contributed by atoms with Gasteiger partial charge in [0.05, 0.1) is 23.9 Å². The Hall–Kier alpha value is -1.99. The molecule has 10 nitrogen and oxygen atoms in total. The SMILES string of the molecule is CCC/C=C1\N=CC(F)CCC(C)[C@@H](C)CCNC(N)C1C(=O)NC1CNCC(F)C1N1CCC(C(=O)N2CCC(N3CCCC3)CC2)CC1. The number of hydrogen-bond donors (Lipinski definition) is 4. The molecule has 12 heteroatoms. The quantitative estimate of drug-likeness (QED) is 0.320. The van der Waals surface area contributed by atoms with Crippen molar-refractivity contribution in [3.63, 3.8) is 0 Å². The number of nitrogens with two attached hydrogens (primary N) is 1. The van der Waals surface area contributed by atoms with Gasteiger partial charge in [-0.15, -0.1) is 0 Å². The molecule has 5 heterocycles. The molecular weight excluding hydrogens is 638 g/mol. The molecule has 5 aliphatic heterocycles. The Morgan fingerprint density at radius 2 is 1.64 bits per heavy atom. The lowest BCUT2D eigenvalue weighted by atomic mass is 9.88. The van der Waals surface area contributed by atoms with Gasteiger partial charge in [-0.2, -0.15) is 0 Å². The van der Waals surface area contributed by atoms with Gasteiger partial charge in [-0.1, -0.05) is 33.3 Å². The maximum absolute atomic E-state index is 15.8. The standard InChI is InChI=1S/C38H66F2N8O2/c1-4-5-8-32-34(36(41)43-16-11-27(3)26(2)9-10-29(39)23-44-32)37(49)45-33-25-42-24-31(40)35(33)47-19-12-28(13-20-47)38(50)48-21-14-30(15-22-48)46-17-6-7-18-46/h8,23,26-31,33-36,42-43H,4-7,9-22,24-25,41H2,1-3H3,(H,45,49)/b32-8-,44-23?/t26?,27-,29?,31?,33?,34?,35?,36?/m0/s1. The predicted octanol–water partition coefficient (Wildman–Crippen LogP) is 3.62. The highest BCUT2D eigenvalue weighted by molar-refractivity contribution is 5.83. The summed E-state index contributed by atoms with van der Waals surface area (Å²) in [5.74, 6) is -0.242. The highest BCUT2D eigenvalue weighted by Gasteiger charge is 2.43. The van der Waals surface area contributed by atoms with Crippen LogP contribution in [0.1, 0.15) is 91.4 Å². The van der Waals surface area contributed by atoms with E-state index in [9.17, 15) is 9.59 Å². The Labute approximate surface area is 299 Å². The number of hydrogen-bond acceptors (Lipinski definition) is 8. The number of nitrogens with one attached hydrogen (secondary N) is 3. The van der Waals surface area contributed by atoms with Crippen LogP contribution in [0, 0.1) is 23.7 Å². The lowest BCUT2D eigenvalue weighted by Gasteiger charge is -2.46. The summed E-state index contributed by atoms with van der Waals surface area (Å²) in [5, 5.41) is 9.72. The van der Waals surface area contributed by atoms with Crippen LogP contribution < -0.4 is 21.7 Å². The highest BCUT2D eigenvalue weighted by Crippen LogP contribution is 2.29. The monoisotopic (exact) mass is 705 g/mol. The smallest absolute Gasteiger partial charge is 0.232 e. The van der Waals surface area contributed by atoms with Gasteiger partial charge < -0.3 is 31.5 Å². The van der Waals surface area contributed by atoms with Crippen LogP contribution in [0.3, 0.4) is 0 Å². The van der Waals surface area contributed by atoms with Gasteiger partial charge in [0.15, 0.2) is 0 Å². The number of piperidine rings is 3. The molecule has 7 unspecified atom stereocenters. The molecule has 5 rings (SSSR count). The van der Waals surface area contributed by atoms with Crippen LogP contribution in [0.15, 0.2) is 16.8 Å². The van der Waals surface area contributed by atoms with Crippen LogP contribution in [0.5, 0.6) is 0 Å². The van der Waals surface area contributed by atoms with Crippen molar-refractivity contribution in [3.05, 3.63) is 11.8 Å². The highest BCUT2D eigenvalue weighted by atomic mass is 19.1. The van der Waals surface area contributed by atoms with Crippen molar-refractivity contribution >= 4 is 18.0 Å². The molecule has 0 aromatic rings. The summed E-state index contributed by atoms with van der Waals surface area (Å²) < 4.78 is 30.8. The van der Waals surface area contributed by atoms with E-state index >= 15 is 8.78 Å². The maximum atomic E-state index is 15.8. The summed E-state index contributed by atoms with van der Waals surface area (Å²) in [6.07, 6.45) is 9.70. The van der Waals surface area contributed by atoms with Crippen molar-refractivity contribution in [3.8, 4) is 0 Å². The van der Waals surface area contributed by atoms with Gasteiger partial charge in [-0.05, 0) is 109 Å². The van der Waals surface area contributed by atoms with Crippen molar-refractivity contribution in [2.75, 3.05) is 58.9 Å². The number of rotatable bonds is 7. The van der Waals surface area contributed by atoms with E-state index in [0.717, 1.165) is 45.2 Å². The van der Waals surface area contributed by atoms with E-state index in [0.29, 0.717) is 75.4 Å². The number of unbranched alkanes of at least 4 members (excludes halogenated alkanes) is 1. The van der Waals surface area contributed by atoms with Crippen LogP contribution in [-0.2, 0) is 9.59 Å². The summed E-state index contributed by atoms with van der Waals surface area (Å²) in [5.41, 5.74) is 7.16. The number of alkyl halides is 2. The number of nitrogens with zero attached hydrogens (tertiary/aromatic N) is 4. The van der Waals surface area contributed by atoms with Crippen molar-refractivity contribution in [1.29, 1.82) is 0 Å². The van der Waals surface area contributed by atoms with Gasteiger partial charge in [-0.3, -0.25) is 19.5 Å². The van der Waals surface area contributed by atoms with Gasteiger partial charge >= 0.3 is 0 Å². The Bertz CT molecular complexity index is 1140. The first-order valence-electron chi connectivity index (χ1n) is 20.0. The molecule has 0 radical (unpaired) electrons. The third kappa shape index (κ3) is 10.3. The number of amides is 2. The molecule has 5 N–H and O–H groups in total. The van der Waals surface area contributed by atoms with Crippen molar-refractivity contribution in [2.45, 2.75) is 128 Å². The molecule has 0 spiro atoms. The van der Waals surface area contributed by atoms with Crippen molar-refractivity contribution in [1.82, 2.24) is 30.7 Å². The lowest BCUT2D eigenvalue weighted by Crippen LogP contribution is -2.67. The van der Waals surface area contributed by atoms with E-state index in [-0.39, 0.29) is 24.3 Å². The third-order valence-corrected chi connectivity index (χ3v) is 12.4. The number of allylic oxidation sites excluding steroid dienone is 1. The number of carbonyl (C=O) groups is 2. The van der Waals surface area contributed by atoms with Gasteiger partial charge in [-0.25, -0.2) is 8.78 Å². The molecule has 5 aliphatic rings. The molecule has 0 aliphatic carbocycles. The molecule has 0 saturated carbocycles. The summed E-state index contributed by atoms with van der Waals surface area (Å²) in [4.78, 5) is 39.2. The normalized spacial score (nSPS) is 36.1. The van der Waals surface area contributed by atoms with E-state index in [1.807, 2.05) is 13.0 Å². The van der Waals surface area contributed by atoms with E-state index < -0.39 is 36.5 Å². The molecule has 0 aromatic heterocycles. The summed E-state index contributed by atoms with van der Waals surface area (Å²) in [7, 11) is 0. The van der Waals surface area contributed by atoms with Gasteiger partial charge in [0.2, 0.25) is 11.8 Å². The Morgan fingerprint density at radius 1 is 0.940 bits per heavy atom. The fourth-order valence-electron chi connectivity index (χ4n) is 8.89. The second kappa shape index (κ2) is 19.2. The minimum atomic E-state index is -1.21. The number of likely N-dealkylation sites (tertiary alicyclic amines) is 3. The number of carbonyl (C=O) groups excluding carboxylic acids is 2. The fourth-order valence-corrected chi connectivity index (χ4v) is 8.89. The van der Waals surface area contributed by atoms with Gasteiger partial charge in [0.25, 0.3) is 0 Å². The second-order valence-electron chi connectivity index (χ2n) is 15.9. The number of aliphatic imine (C=N–C) groups is 1. The predicted molar refractivity (Wildman–Crippen MR) is 196 cm³/mol. The molecule has 284 valence electrons. The van der Waals surface area contributed by atoms with Crippen molar-refractivity contribution < 1.29 is 18.4 Å². The molecule has 4 fully saturated rings. The van der Waals surface area contributed by atoms with Crippen LogP contribution in [0.25, 0.3) is 0 Å². The number of halogens is 2. The third-order valence-electron chi connectivity index (χ3n) is 12.4. The molecule has 8 atom stereocenters. The summed E-state index contributed by atoms with van der Waals surface area (Å²) in [6, 6.07) is -0.406. The molecular formula is C38H66F2N8O2. The molecule has 0 bridgehead atoms. The first-order valence-corrected chi connectivity index (χ1v) is 20.0. The van der Waals surface area contributed by atoms with E-state index in [2.05, 4.69) is 49.5 Å². The van der Waals surface area contributed by atoms with E-state index in [4.69, 9.17) is 5.73 Å². The average Bonchev–Trinajstić information content (AvgIpc) is 3.67. The van der Waals surface area contributed by atoms with Crippen LogP contribution >= 0.6 is 0 Å². The van der Waals surface area contributed by atoms with Crippen molar-refractivity contribution in [2.24, 2.45) is 34.4 Å². The minimum absolute atomic E-state index is 0.0407. The fraction of sp³-hybridized carbons (Fsp3) is 0.868. The van der Waals surface area contributed by atoms with Crippen LogP contribution in [-0.4, -0.2) is 128 Å². The average molecular weight is 705 g/mol. The first kappa shape index (κ1) is 39.2. The van der Waals surface area contributed by atoms with E-state index in [1.165, 1.54) is 32.1 Å². The summed E-state index contributed by atoms with van der Waals surface area (Å²) in [6.45, 7) is 12.9. The zero-order valence-electron chi connectivity index (χ0n) is 31.0. The maximum Gasteiger partial charge on any atom is 0.232 e. The molecule has 50 heavy (non-hydrogen) atoms. The van der Waals surface area contributed by atoms with Crippen LogP contribution in [0.4, 0.5) is 8.78 Å². The Morgan fingerprint density at radius 3 is 2.34 bits per heavy atom. The zero-order valence-corrected chi connectivity index (χ0v) is 31.0. The largest absolute Gasteiger partial charge is 0.350 e. The van der Waals surface area contributed by atoms with Gasteiger partial charge in [0, 0.05) is 44.4 Å². The minimum Gasteiger partial charge on any atom is -0.350 e. The van der Waals surface area contributed by atoms with Gasteiger partial charge in [0.1, 0.15) is 18.3 Å². The first-order chi connectivity index (χ1) is 24.2. The molecule has 4 saturated heterocycles. The Kier molecular flexibility index (Phi) is 15.1. The Balaban J connectivity index is 1.23. The zero-order chi connectivity index (χ0) is 35.6. The second-order valence-corrected chi connectivity index (χ2v) is 15.9. The van der Waals surface area contributed by atoms with Crippen LogP contribution in [0.2, 0.25) is 0 Å². The summed E-state index contributed by atoms with van der Waals surface area (Å²) >= 11 is 0. The topological polar surface area (TPSA) is 118 Å². The molecule has 0 aromatic carbocycles. The lowest BCUT2D eigenvalue weighted by molar-refractivity contribution is -0.139. The van der Waals surface area contributed by atoms with E-state index in [1.54, 1.807) is 0 Å². The molecule has 2 amide bonds.